The van der Waals surface area contributed by atoms with Crippen LogP contribution >= 0.6 is 23.2 Å². The first-order valence-corrected chi connectivity index (χ1v) is 9.25. The molecule has 1 fully saturated rings. The first kappa shape index (κ1) is 19.7. The summed E-state index contributed by atoms with van der Waals surface area (Å²) in [4.78, 5) is 11.8. The average Bonchev–Trinajstić information content (AvgIpc) is 2.61. The molecule has 0 saturated heterocycles. The number of hydrogen-bond donors (Lipinski definition) is 1. The Morgan fingerprint density at radius 3 is 2.20 bits per heavy atom. The highest BCUT2D eigenvalue weighted by Gasteiger charge is 2.16. The van der Waals surface area contributed by atoms with Crippen molar-refractivity contribution in [3.63, 3.8) is 0 Å². The van der Waals surface area contributed by atoms with Crippen molar-refractivity contribution < 1.29 is 9.18 Å². The van der Waals surface area contributed by atoms with Gasteiger partial charge in [0.1, 0.15) is 5.82 Å². The van der Waals surface area contributed by atoms with Crippen LogP contribution in [0.2, 0.25) is 10.0 Å². The second kappa shape index (κ2) is 10.4. The van der Waals surface area contributed by atoms with E-state index in [4.69, 9.17) is 23.2 Å². The summed E-state index contributed by atoms with van der Waals surface area (Å²) < 4.78 is 12.2. The van der Waals surface area contributed by atoms with Gasteiger partial charge in [0, 0.05) is 17.1 Å². The van der Waals surface area contributed by atoms with Gasteiger partial charge in [0.2, 0.25) is 5.91 Å². The molecule has 0 heterocycles. The molecule has 0 atom stereocenters. The standard InChI is InChI=1S/C14H18ClNO.C6H4ClF/c15-12-6-8-13(9-7-12)16-14(17)10-11-4-2-1-3-5-11;7-5-3-1-2-4-6(5)8/h6-9,11H,1-5,10H2,(H,16,17);1-4H. The first-order valence-electron chi connectivity index (χ1n) is 8.50. The van der Waals surface area contributed by atoms with E-state index >= 15 is 0 Å². The lowest BCUT2D eigenvalue weighted by molar-refractivity contribution is -0.117. The minimum atomic E-state index is -0.367. The van der Waals surface area contributed by atoms with E-state index in [9.17, 15) is 9.18 Å². The molecule has 0 spiro atoms. The van der Waals surface area contributed by atoms with Crippen molar-refractivity contribution in [3.05, 3.63) is 64.4 Å². The van der Waals surface area contributed by atoms with Crippen molar-refractivity contribution in [3.8, 4) is 0 Å². The number of carbonyl (C=O) groups excluding carboxylic acids is 1. The molecule has 1 N–H and O–H groups in total. The zero-order valence-electron chi connectivity index (χ0n) is 14.0. The molecule has 3 rings (SSSR count). The molecule has 1 aliphatic rings. The highest BCUT2D eigenvalue weighted by atomic mass is 35.5. The highest BCUT2D eigenvalue weighted by molar-refractivity contribution is 6.30. The van der Waals surface area contributed by atoms with Gasteiger partial charge in [0.25, 0.3) is 0 Å². The number of halogens is 3. The quantitative estimate of drug-likeness (QED) is 0.627. The molecule has 1 amide bonds. The van der Waals surface area contributed by atoms with E-state index in [1.807, 2.05) is 12.1 Å². The fourth-order valence-electron chi connectivity index (χ4n) is 2.84. The SMILES string of the molecule is Fc1ccccc1Cl.O=C(CC1CCCCC1)Nc1ccc(Cl)cc1. The van der Waals surface area contributed by atoms with Gasteiger partial charge in [-0.25, -0.2) is 4.39 Å². The summed E-state index contributed by atoms with van der Waals surface area (Å²) in [5.41, 5.74) is 0.829. The summed E-state index contributed by atoms with van der Waals surface area (Å²) in [5.74, 6) is 0.337. The Morgan fingerprint density at radius 1 is 1.00 bits per heavy atom. The molecule has 0 bridgehead atoms. The fourth-order valence-corrected chi connectivity index (χ4v) is 3.10. The lowest BCUT2D eigenvalue weighted by Crippen LogP contribution is -2.18. The van der Waals surface area contributed by atoms with Crippen LogP contribution in [0.25, 0.3) is 0 Å². The number of nitrogens with one attached hydrogen (secondary N) is 1. The lowest BCUT2D eigenvalue weighted by Gasteiger charge is -2.20. The molecule has 2 aromatic carbocycles. The third-order valence-corrected chi connectivity index (χ3v) is 4.71. The Labute approximate surface area is 158 Å². The van der Waals surface area contributed by atoms with Gasteiger partial charge in [0.15, 0.2) is 0 Å². The minimum absolute atomic E-state index is 0.124. The number of benzene rings is 2. The smallest absolute Gasteiger partial charge is 0.224 e. The van der Waals surface area contributed by atoms with E-state index in [1.165, 1.54) is 44.2 Å². The lowest BCUT2D eigenvalue weighted by atomic mass is 9.87. The summed E-state index contributed by atoms with van der Waals surface area (Å²) in [7, 11) is 0. The average molecular weight is 382 g/mol. The molecule has 5 heteroatoms. The second-order valence-corrected chi connectivity index (χ2v) is 7.02. The molecule has 2 nitrogen and oxygen atoms in total. The summed E-state index contributed by atoms with van der Waals surface area (Å²) in [6.07, 6.45) is 6.94. The van der Waals surface area contributed by atoms with Crippen molar-refractivity contribution in [2.24, 2.45) is 5.92 Å². The van der Waals surface area contributed by atoms with Crippen LogP contribution in [-0.2, 0) is 4.79 Å². The normalized spacial score (nSPS) is 14.4. The van der Waals surface area contributed by atoms with Gasteiger partial charge in [0.05, 0.1) is 5.02 Å². The number of carbonyl (C=O) groups is 1. The third kappa shape index (κ3) is 7.45. The van der Waals surface area contributed by atoms with Crippen molar-refractivity contribution in [2.45, 2.75) is 38.5 Å². The van der Waals surface area contributed by atoms with Gasteiger partial charge in [-0.3, -0.25) is 4.79 Å². The van der Waals surface area contributed by atoms with Crippen molar-refractivity contribution >= 4 is 34.8 Å². The predicted molar refractivity (Wildman–Crippen MR) is 103 cm³/mol. The zero-order chi connectivity index (χ0) is 18.1. The number of hydrogen-bond acceptors (Lipinski definition) is 1. The summed E-state index contributed by atoms with van der Waals surface area (Å²) in [6.45, 7) is 0. The van der Waals surface area contributed by atoms with Gasteiger partial charge >= 0.3 is 0 Å². The Hall–Kier alpha value is -1.58. The van der Waals surface area contributed by atoms with Gasteiger partial charge < -0.3 is 5.32 Å². The molecule has 0 radical (unpaired) electrons. The van der Waals surface area contributed by atoms with Crippen LogP contribution < -0.4 is 5.32 Å². The van der Waals surface area contributed by atoms with Crippen LogP contribution in [-0.4, -0.2) is 5.91 Å². The van der Waals surface area contributed by atoms with Crippen molar-refractivity contribution in [1.82, 2.24) is 0 Å². The third-order valence-electron chi connectivity index (χ3n) is 4.15. The largest absolute Gasteiger partial charge is 0.326 e. The van der Waals surface area contributed by atoms with E-state index in [2.05, 4.69) is 5.32 Å². The van der Waals surface area contributed by atoms with Gasteiger partial charge in [-0.1, -0.05) is 54.6 Å². The van der Waals surface area contributed by atoms with Gasteiger partial charge in [-0.2, -0.15) is 0 Å². The molecule has 0 aromatic heterocycles. The monoisotopic (exact) mass is 381 g/mol. The van der Waals surface area contributed by atoms with Gasteiger partial charge in [-0.05, 0) is 55.2 Å². The molecule has 0 unspecified atom stereocenters. The zero-order valence-corrected chi connectivity index (χ0v) is 15.5. The number of anilines is 1. The van der Waals surface area contributed by atoms with E-state index in [-0.39, 0.29) is 16.7 Å². The summed E-state index contributed by atoms with van der Waals surface area (Å²) in [5, 5.41) is 3.78. The van der Waals surface area contributed by atoms with Crippen molar-refractivity contribution in [2.75, 3.05) is 5.32 Å². The molecule has 2 aromatic rings. The van der Waals surface area contributed by atoms with Crippen LogP contribution in [0.4, 0.5) is 10.1 Å². The first-order chi connectivity index (χ1) is 12.0. The van der Waals surface area contributed by atoms with Crippen LogP contribution in [0.15, 0.2) is 48.5 Å². The van der Waals surface area contributed by atoms with Crippen LogP contribution in [0.5, 0.6) is 0 Å². The van der Waals surface area contributed by atoms with E-state index in [1.54, 1.807) is 24.3 Å². The van der Waals surface area contributed by atoms with E-state index in [0.29, 0.717) is 17.4 Å². The van der Waals surface area contributed by atoms with Gasteiger partial charge in [-0.15, -0.1) is 0 Å². The minimum Gasteiger partial charge on any atom is -0.326 e. The topological polar surface area (TPSA) is 29.1 Å². The Kier molecular flexibility index (Phi) is 8.23. The molecule has 1 aliphatic carbocycles. The fraction of sp³-hybridized carbons (Fsp3) is 0.350. The highest BCUT2D eigenvalue weighted by Crippen LogP contribution is 2.26. The van der Waals surface area contributed by atoms with E-state index < -0.39 is 0 Å². The Bertz CT molecular complexity index is 649. The molecule has 0 aliphatic heterocycles. The van der Waals surface area contributed by atoms with Crippen molar-refractivity contribution in [1.29, 1.82) is 0 Å². The number of amides is 1. The summed E-state index contributed by atoms with van der Waals surface area (Å²) >= 11 is 11.1. The Balaban J connectivity index is 0.000000236. The maximum atomic E-state index is 12.2. The maximum Gasteiger partial charge on any atom is 0.224 e. The summed E-state index contributed by atoms with van der Waals surface area (Å²) in [6, 6.07) is 13.4. The van der Waals surface area contributed by atoms with Crippen LogP contribution in [0, 0.1) is 11.7 Å². The number of rotatable bonds is 3. The molecular formula is C20H22Cl2FNO. The Morgan fingerprint density at radius 2 is 1.64 bits per heavy atom. The molecular weight excluding hydrogens is 360 g/mol. The van der Waals surface area contributed by atoms with Crippen LogP contribution in [0.1, 0.15) is 38.5 Å². The maximum absolute atomic E-state index is 12.2. The molecule has 134 valence electrons. The molecule has 25 heavy (non-hydrogen) atoms. The van der Waals surface area contributed by atoms with E-state index in [0.717, 1.165) is 5.69 Å². The van der Waals surface area contributed by atoms with Crippen LogP contribution in [0.3, 0.4) is 0 Å². The second-order valence-electron chi connectivity index (χ2n) is 6.18. The molecule has 1 saturated carbocycles. The predicted octanol–water partition coefficient (Wildman–Crippen LogP) is 6.73.